The van der Waals surface area contributed by atoms with Gasteiger partial charge in [-0.05, 0) is 53.3 Å². The van der Waals surface area contributed by atoms with Crippen molar-refractivity contribution in [3.05, 3.63) is 50.9 Å². The lowest BCUT2D eigenvalue weighted by Gasteiger charge is -2.16. The van der Waals surface area contributed by atoms with E-state index >= 15 is 0 Å². The van der Waals surface area contributed by atoms with Crippen LogP contribution < -0.4 is 5.32 Å². The number of nitrogens with one attached hydrogen (secondary N) is 1. The number of halogens is 2. The van der Waals surface area contributed by atoms with Gasteiger partial charge in [-0.15, -0.1) is 11.3 Å². The second-order valence-electron chi connectivity index (χ2n) is 4.40. The molecular weight excluding hydrogens is 327 g/mol. The Morgan fingerprint density at radius 2 is 2.05 bits per heavy atom. The van der Waals surface area contributed by atoms with Crippen molar-refractivity contribution in [2.75, 3.05) is 25.5 Å². The van der Waals surface area contributed by atoms with Crippen LogP contribution in [0.5, 0.6) is 0 Å². The highest BCUT2D eigenvalue weighted by Crippen LogP contribution is 2.20. The van der Waals surface area contributed by atoms with E-state index in [0.29, 0.717) is 0 Å². The Morgan fingerprint density at radius 3 is 2.68 bits per heavy atom. The van der Waals surface area contributed by atoms with Crippen molar-refractivity contribution in [2.24, 2.45) is 0 Å². The van der Waals surface area contributed by atoms with Crippen LogP contribution in [0.1, 0.15) is 4.88 Å². The average Bonchev–Trinajstić information content (AvgIpc) is 2.77. The monoisotopic (exact) mass is 342 g/mol. The van der Waals surface area contributed by atoms with E-state index in [4.69, 9.17) is 0 Å². The van der Waals surface area contributed by atoms with E-state index < -0.39 is 0 Å². The molecule has 1 aromatic carbocycles. The van der Waals surface area contributed by atoms with Crippen LogP contribution in [-0.2, 0) is 6.54 Å². The van der Waals surface area contributed by atoms with Crippen LogP contribution in [0, 0.1) is 5.82 Å². The Bertz CT molecular complexity index is 512. The van der Waals surface area contributed by atoms with Gasteiger partial charge in [-0.2, -0.15) is 0 Å². The number of hydrogen-bond acceptors (Lipinski definition) is 3. The maximum Gasteiger partial charge on any atom is 0.123 e. The predicted octanol–water partition coefficient (Wildman–Crippen LogP) is 4.19. The van der Waals surface area contributed by atoms with Crippen molar-refractivity contribution in [1.29, 1.82) is 0 Å². The largest absolute Gasteiger partial charge is 0.384 e. The summed E-state index contributed by atoms with van der Waals surface area (Å²) >= 11 is 5.22. The van der Waals surface area contributed by atoms with Gasteiger partial charge in [-0.3, -0.25) is 4.90 Å². The van der Waals surface area contributed by atoms with Crippen LogP contribution in [-0.4, -0.2) is 25.0 Å². The molecule has 2 nitrogen and oxygen atoms in total. The lowest BCUT2D eigenvalue weighted by molar-refractivity contribution is 0.343. The Balaban J connectivity index is 1.71. The maximum absolute atomic E-state index is 12.7. The standard InChI is InChI=1S/C14H16BrFN2S/c1-18(9-14-8-11(15)10-19-14)7-6-17-13-4-2-12(16)3-5-13/h2-5,8,10,17H,6-7,9H2,1H3. The topological polar surface area (TPSA) is 15.3 Å². The molecule has 0 atom stereocenters. The van der Waals surface area contributed by atoms with E-state index in [1.165, 1.54) is 17.0 Å². The van der Waals surface area contributed by atoms with Gasteiger partial charge in [0, 0.05) is 40.1 Å². The number of likely N-dealkylation sites (N-methyl/N-ethyl adjacent to an activating group) is 1. The number of benzene rings is 1. The van der Waals surface area contributed by atoms with Crippen molar-refractivity contribution in [2.45, 2.75) is 6.54 Å². The lowest BCUT2D eigenvalue weighted by Crippen LogP contribution is -2.24. The molecule has 0 aliphatic carbocycles. The third kappa shape index (κ3) is 4.93. The second kappa shape index (κ2) is 7.03. The van der Waals surface area contributed by atoms with Crippen LogP contribution in [0.2, 0.25) is 0 Å². The second-order valence-corrected chi connectivity index (χ2v) is 6.31. The number of anilines is 1. The van der Waals surface area contributed by atoms with Crippen molar-refractivity contribution >= 4 is 33.0 Å². The average molecular weight is 343 g/mol. The van der Waals surface area contributed by atoms with Crippen molar-refractivity contribution < 1.29 is 4.39 Å². The molecule has 0 saturated heterocycles. The van der Waals surface area contributed by atoms with E-state index in [1.807, 2.05) is 0 Å². The molecule has 2 rings (SSSR count). The molecule has 0 radical (unpaired) electrons. The fourth-order valence-corrected chi connectivity index (χ4v) is 3.27. The van der Waals surface area contributed by atoms with Gasteiger partial charge in [0.2, 0.25) is 0 Å². The van der Waals surface area contributed by atoms with E-state index in [-0.39, 0.29) is 5.82 Å². The summed E-state index contributed by atoms with van der Waals surface area (Å²) in [7, 11) is 2.10. The molecule has 0 unspecified atom stereocenters. The highest BCUT2D eigenvalue weighted by Gasteiger charge is 2.02. The van der Waals surface area contributed by atoms with Crippen molar-refractivity contribution in [3.8, 4) is 0 Å². The minimum Gasteiger partial charge on any atom is -0.384 e. The summed E-state index contributed by atoms with van der Waals surface area (Å²) < 4.78 is 13.9. The Hall–Kier alpha value is -0.910. The van der Waals surface area contributed by atoms with Crippen molar-refractivity contribution in [3.63, 3.8) is 0 Å². The SMILES string of the molecule is CN(CCNc1ccc(F)cc1)Cc1cc(Br)cs1. The molecule has 102 valence electrons. The first kappa shape index (κ1) is 14.5. The van der Waals surface area contributed by atoms with Gasteiger partial charge in [0.1, 0.15) is 5.82 Å². The molecule has 0 aliphatic rings. The normalized spacial score (nSPS) is 10.9. The van der Waals surface area contributed by atoms with Gasteiger partial charge in [0.05, 0.1) is 0 Å². The van der Waals surface area contributed by atoms with E-state index in [0.717, 1.165) is 29.8 Å². The summed E-state index contributed by atoms with van der Waals surface area (Å²) in [4.78, 5) is 3.60. The molecule has 19 heavy (non-hydrogen) atoms. The molecule has 2 aromatic rings. The smallest absolute Gasteiger partial charge is 0.123 e. The van der Waals surface area contributed by atoms with Crippen LogP contribution in [0.15, 0.2) is 40.2 Å². The Kier molecular flexibility index (Phi) is 5.36. The first-order chi connectivity index (χ1) is 9.13. The van der Waals surface area contributed by atoms with Gasteiger partial charge < -0.3 is 5.32 Å². The first-order valence-electron chi connectivity index (χ1n) is 6.04. The summed E-state index contributed by atoms with van der Waals surface area (Å²) in [5.74, 6) is -0.203. The molecule has 0 fully saturated rings. The van der Waals surface area contributed by atoms with Gasteiger partial charge in [0.15, 0.2) is 0 Å². The zero-order chi connectivity index (χ0) is 13.7. The number of rotatable bonds is 6. The Morgan fingerprint density at radius 1 is 1.32 bits per heavy atom. The first-order valence-corrected chi connectivity index (χ1v) is 7.71. The maximum atomic E-state index is 12.7. The summed E-state index contributed by atoms with van der Waals surface area (Å²) in [6.07, 6.45) is 0. The number of thiophene rings is 1. The van der Waals surface area contributed by atoms with Gasteiger partial charge in [-0.1, -0.05) is 0 Å². The molecule has 1 N–H and O–H groups in total. The number of nitrogens with zero attached hydrogens (tertiary/aromatic N) is 1. The molecule has 1 heterocycles. The van der Waals surface area contributed by atoms with Crippen LogP contribution >= 0.6 is 27.3 Å². The predicted molar refractivity (Wildman–Crippen MR) is 83.2 cm³/mol. The summed E-state index contributed by atoms with van der Waals surface area (Å²) in [5.41, 5.74) is 0.952. The van der Waals surface area contributed by atoms with Crippen molar-refractivity contribution in [1.82, 2.24) is 4.90 Å². The van der Waals surface area contributed by atoms with E-state index in [1.54, 1.807) is 23.5 Å². The minimum atomic E-state index is -0.203. The van der Waals surface area contributed by atoms with Crippen LogP contribution in [0.3, 0.4) is 0 Å². The summed E-state index contributed by atoms with van der Waals surface area (Å²) in [6.45, 7) is 2.73. The third-order valence-corrected chi connectivity index (χ3v) is 4.40. The zero-order valence-electron chi connectivity index (χ0n) is 10.7. The highest BCUT2D eigenvalue weighted by atomic mass is 79.9. The lowest BCUT2D eigenvalue weighted by atomic mass is 10.3. The summed E-state index contributed by atoms with van der Waals surface area (Å²) in [5, 5.41) is 5.38. The molecule has 0 bridgehead atoms. The van der Waals surface area contributed by atoms with E-state index in [9.17, 15) is 4.39 Å². The molecule has 5 heteroatoms. The minimum absolute atomic E-state index is 0.203. The quantitative estimate of drug-likeness (QED) is 0.846. The summed E-state index contributed by atoms with van der Waals surface area (Å²) in [6, 6.07) is 8.59. The molecule has 1 aromatic heterocycles. The van der Waals surface area contributed by atoms with Crippen LogP contribution in [0.25, 0.3) is 0 Å². The zero-order valence-corrected chi connectivity index (χ0v) is 13.1. The molecule has 0 saturated carbocycles. The Labute approximate surface area is 125 Å². The van der Waals surface area contributed by atoms with Gasteiger partial charge >= 0.3 is 0 Å². The van der Waals surface area contributed by atoms with Gasteiger partial charge in [0.25, 0.3) is 0 Å². The fourth-order valence-electron chi connectivity index (χ4n) is 1.74. The number of hydrogen-bond donors (Lipinski definition) is 1. The molecular formula is C14H16BrFN2S. The van der Waals surface area contributed by atoms with Crippen LogP contribution in [0.4, 0.5) is 10.1 Å². The van der Waals surface area contributed by atoms with E-state index in [2.05, 4.69) is 44.6 Å². The molecule has 0 spiro atoms. The van der Waals surface area contributed by atoms with Gasteiger partial charge in [-0.25, -0.2) is 4.39 Å². The fraction of sp³-hybridized carbons (Fsp3) is 0.286. The molecule has 0 amide bonds. The highest BCUT2D eigenvalue weighted by molar-refractivity contribution is 9.10. The third-order valence-electron chi connectivity index (χ3n) is 2.71. The molecule has 0 aliphatic heterocycles.